The predicted molar refractivity (Wildman–Crippen MR) is 76.8 cm³/mol. The van der Waals surface area contributed by atoms with Crippen LogP contribution in [0, 0.1) is 12.8 Å². The topological polar surface area (TPSA) is 73.3 Å². The van der Waals surface area contributed by atoms with Crippen molar-refractivity contribution < 1.29 is 14.3 Å². The maximum Gasteiger partial charge on any atom is 0.328 e. The minimum atomic E-state index is -0.428. The van der Waals surface area contributed by atoms with Crippen molar-refractivity contribution in [3.8, 4) is 5.88 Å². The maximum absolute atomic E-state index is 11.8. The van der Waals surface area contributed by atoms with Crippen LogP contribution in [0.15, 0.2) is 6.33 Å². The fraction of sp³-hybridized carbons (Fsp3) is 0.643. The van der Waals surface area contributed by atoms with E-state index in [1.165, 1.54) is 13.4 Å². The van der Waals surface area contributed by atoms with E-state index in [0.29, 0.717) is 30.6 Å². The molecule has 20 heavy (non-hydrogen) atoms. The molecule has 6 nitrogen and oxygen atoms in total. The third kappa shape index (κ3) is 4.36. The Morgan fingerprint density at radius 1 is 1.40 bits per heavy atom. The Morgan fingerprint density at radius 2 is 2.10 bits per heavy atom. The van der Waals surface area contributed by atoms with Gasteiger partial charge in [0, 0.05) is 0 Å². The molecule has 0 saturated carbocycles. The SMILES string of the molecule is CCOc1ncnc(NC(CC(C)C)C(=O)OC)c1C. The predicted octanol–water partition coefficient (Wildman–Crippen LogP) is 2.18. The quantitative estimate of drug-likeness (QED) is 0.772. The molecule has 0 spiro atoms. The molecule has 1 unspecified atom stereocenters. The molecule has 0 amide bonds. The molecule has 0 saturated heterocycles. The van der Waals surface area contributed by atoms with Crippen molar-refractivity contribution in [2.75, 3.05) is 19.0 Å². The first-order valence-electron chi connectivity index (χ1n) is 6.78. The third-order valence-corrected chi connectivity index (χ3v) is 2.82. The first-order valence-corrected chi connectivity index (χ1v) is 6.78. The van der Waals surface area contributed by atoms with E-state index >= 15 is 0 Å². The zero-order valence-corrected chi connectivity index (χ0v) is 12.8. The number of carbonyl (C=O) groups is 1. The molecule has 1 rings (SSSR count). The second kappa shape index (κ2) is 7.67. The molecule has 112 valence electrons. The van der Waals surface area contributed by atoms with Gasteiger partial charge in [-0.2, -0.15) is 0 Å². The number of rotatable bonds is 7. The smallest absolute Gasteiger partial charge is 0.328 e. The number of nitrogens with one attached hydrogen (secondary N) is 1. The summed E-state index contributed by atoms with van der Waals surface area (Å²) in [5.74, 6) is 1.19. The summed E-state index contributed by atoms with van der Waals surface area (Å²) in [6.45, 7) is 8.39. The largest absolute Gasteiger partial charge is 0.478 e. The minimum absolute atomic E-state index is 0.297. The molecular weight excluding hydrogens is 258 g/mol. The second-order valence-electron chi connectivity index (χ2n) is 4.94. The van der Waals surface area contributed by atoms with Gasteiger partial charge in [-0.05, 0) is 26.2 Å². The minimum Gasteiger partial charge on any atom is -0.478 e. The summed E-state index contributed by atoms with van der Waals surface area (Å²) < 4.78 is 10.2. The van der Waals surface area contributed by atoms with Crippen LogP contribution in [0.3, 0.4) is 0 Å². The average molecular weight is 281 g/mol. The van der Waals surface area contributed by atoms with E-state index < -0.39 is 6.04 Å². The average Bonchev–Trinajstić information content (AvgIpc) is 2.41. The zero-order chi connectivity index (χ0) is 15.1. The van der Waals surface area contributed by atoms with Crippen LogP contribution in [-0.2, 0) is 9.53 Å². The molecule has 0 radical (unpaired) electrons. The van der Waals surface area contributed by atoms with Crippen molar-refractivity contribution >= 4 is 11.8 Å². The number of aromatic nitrogens is 2. The van der Waals surface area contributed by atoms with Gasteiger partial charge in [-0.15, -0.1) is 0 Å². The number of hydrogen-bond donors (Lipinski definition) is 1. The van der Waals surface area contributed by atoms with Gasteiger partial charge in [-0.3, -0.25) is 0 Å². The molecule has 1 heterocycles. The van der Waals surface area contributed by atoms with Crippen molar-refractivity contribution in [3.05, 3.63) is 11.9 Å². The van der Waals surface area contributed by atoms with Crippen LogP contribution in [0.5, 0.6) is 5.88 Å². The molecule has 1 aromatic rings. The fourth-order valence-electron chi connectivity index (χ4n) is 1.85. The Balaban J connectivity index is 2.93. The van der Waals surface area contributed by atoms with Crippen molar-refractivity contribution in [1.82, 2.24) is 9.97 Å². The summed E-state index contributed by atoms with van der Waals surface area (Å²) in [6.07, 6.45) is 2.09. The van der Waals surface area contributed by atoms with E-state index in [-0.39, 0.29) is 5.97 Å². The molecule has 0 fully saturated rings. The molecule has 1 aromatic heterocycles. The highest BCUT2D eigenvalue weighted by Crippen LogP contribution is 2.22. The third-order valence-electron chi connectivity index (χ3n) is 2.82. The van der Waals surface area contributed by atoms with Gasteiger partial charge in [-0.1, -0.05) is 13.8 Å². The van der Waals surface area contributed by atoms with E-state index in [9.17, 15) is 4.79 Å². The Labute approximate surface area is 119 Å². The number of ether oxygens (including phenoxy) is 2. The zero-order valence-electron chi connectivity index (χ0n) is 12.8. The highest BCUT2D eigenvalue weighted by Gasteiger charge is 2.22. The van der Waals surface area contributed by atoms with E-state index in [4.69, 9.17) is 9.47 Å². The molecule has 0 bridgehead atoms. The van der Waals surface area contributed by atoms with Crippen molar-refractivity contribution in [1.29, 1.82) is 0 Å². The lowest BCUT2D eigenvalue weighted by atomic mass is 10.0. The van der Waals surface area contributed by atoms with Gasteiger partial charge in [0.05, 0.1) is 19.3 Å². The molecule has 0 aliphatic carbocycles. The monoisotopic (exact) mass is 281 g/mol. The van der Waals surface area contributed by atoms with Crippen LogP contribution < -0.4 is 10.1 Å². The van der Waals surface area contributed by atoms with Gasteiger partial charge in [0.2, 0.25) is 5.88 Å². The van der Waals surface area contributed by atoms with E-state index in [1.54, 1.807) is 0 Å². The molecule has 6 heteroatoms. The van der Waals surface area contributed by atoms with Crippen molar-refractivity contribution in [2.45, 2.75) is 40.2 Å². The second-order valence-corrected chi connectivity index (χ2v) is 4.94. The molecule has 0 aliphatic rings. The number of methoxy groups -OCH3 is 1. The van der Waals surface area contributed by atoms with Crippen LogP contribution in [0.1, 0.15) is 32.8 Å². The van der Waals surface area contributed by atoms with Crippen molar-refractivity contribution in [3.63, 3.8) is 0 Å². The summed E-state index contributed by atoms with van der Waals surface area (Å²) >= 11 is 0. The lowest BCUT2D eigenvalue weighted by molar-refractivity contribution is -0.141. The van der Waals surface area contributed by atoms with E-state index in [1.807, 2.05) is 13.8 Å². The Morgan fingerprint density at radius 3 is 2.65 bits per heavy atom. The first-order chi connectivity index (χ1) is 9.49. The van der Waals surface area contributed by atoms with Gasteiger partial charge in [0.15, 0.2) is 0 Å². The van der Waals surface area contributed by atoms with Crippen LogP contribution in [0.4, 0.5) is 5.82 Å². The summed E-state index contributed by atoms with van der Waals surface area (Å²) in [7, 11) is 1.38. The maximum atomic E-state index is 11.8. The number of hydrogen-bond acceptors (Lipinski definition) is 6. The van der Waals surface area contributed by atoms with Crippen molar-refractivity contribution in [2.24, 2.45) is 5.92 Å². The summed E-state index contributed by atoms with van der Waals surface area (Å²) in [5.41, 5.74) is 0.784. The molecule has 0 aromatic carbocycles. The van der Waals surface area contributed by atoms with Gasteiger partial charge < -0.3 is 14.8 Å². The number of carbonyl (C=O) groups excluding carboxylic acids is 1. The Hall–Kier alpha value is -1.85. The highest BCUT2D eigenvalue weighted by atomic mass is 16.5. The number of esters is 1. The standard InChI is InChI=1S/C14H23N3O3/c1-6-20-13-10(4)12(15-8-16-13)17-11(7-9(2)3)14(18)19-5/h8-9,11H,6-7H2,1-5H3,(H,15,16,17). The van der Waals surface area contributed by atoms with Gasteiger partial charge >= 0.3 is 5.97 Å². The molecule has 1 N–H and O–H groups in total. The van der Waals surface area contributed by atoms with Crippen LogP contribution in [0.25, 0.3) is 0 Å². The fourth-order valence-corrected chi connectivity index (χ4v) is 1.85. The highest BCUT2D eigenvalue weighted by molar-refractivity contribution is 5.79. The summed E-state index contributed by atoms with van der Waals surface area (Å²) in [4.78, 5) is 20.1. The summed E-state index contributed by atoms with van der Waals surface area (Å²) in [5, 5.41) is 3.12. The summed E-state index contributed by atoms with van der Waals surface area (Å²) in [6, 6.07) is -0.428. The molecular formula is C14H23N3O3. The normalized spacial score (nSPS) is 12.1. The van der Waals surface area contributed by atoms with Crippen LogP contribution in [0.2, 0.25) is 0 Å². The number of nitrogens with zero attached hydrogens (tertiary/aromatic N) is 2. The van der Waals surface area contributed by atoms with Gasteiger partial charge in [0.25, 0.3) is 0 Å². The first kappa shape index (κ1) is 16.2. The lowest BCUT2D eigenvalue weighted by Gasteiger charge is -2.20. The van der Waals surface area contributed by atoms with E-state index in [0.717, 1.165) is 5.56 Å². The molecule has 1 atom stereocenters. The van der Waals surface area contributed by atoms with Crippen LogP contribution >= 0.6 is 0 Å². The van der Waals surface area contributed by atoms with E-state index in [2.05, 4.69) is 29.1 Å². The van der Waals surface area contributed by atoms with Crippen LogP contribution in [-0.4, -0.2) is 35.7 Å². The molecule has 0 aliphatic heterocycles. The lowest BCUT2D eigenvalue weighted by Crippen LogP contribution is -2.32. The van der Waals surface area contributed by atoms with Gasteiger partial charge in [-0.25, -0.2) is 14.8 Å². The Kier molecular flexibility index (Phi) is 6.21. The van der Waals surface area contributed by atoms with Gasteiger partial charge in [0.1, 0.15) is 18.2 Å². The number of anilines is 1. The Bertz CT molecular complexity index is 449.